The molecule has 0 aliphatic heterocycles. The number of nitrogens with zero attached hydrogens (tertiary/aromatic N) is 1. The number of esters is 1. The number of pyridine rings is 1. The van der Waals surface area contributed by atoms with Crippen LogP contribution >= 0.6 is 11.6 Å². The lowest BCUT2D eigenvalue weighted by atomic mass is 9.53. The van der Waals surface area contributed by atoms with Crippen LogP contribution in [0.1, 0.15) is 55.8 Å². The Bertz CT molecular complexity index is 653. The summed E-state index contributed by atoms with van der Waals surface area (Å²) >= 11 is 5.72. The highest BCUT2D eigenvalue weighted by molar-refractivity contribution is 6.29. The minimum atomic E-state index is -0.823. The highest BCUT2D eigenvalue weighted by atomic mass is 35.5. The molecule has 1 heterocycles. The first kappa shape index (κ1) is 16.8. The highest BCUT2D eigenvalue weighted by Crippen LogP contribution is 2.55. The van der Waals surface area contributed by atoms with Gasteiger partial charge in [0.25, 0.3) is 5.91 Å². The molecule has 134 valence electrons. The molecule has 25 heavy (non-hydrogen) atoms. The summed E-state index contributed by atoms with van der Waals surface area (Å²) in [4.78, 5) is 28.6. The standard InChI is InChI=1S/C19H23ClN2O3/c1-11(25-18(24)15-2-3-16(20)21-10-15)17(23)22-19-7-12-4-13(8-19)6-14(5-12)9-19/h2-3,10-14H,4-9H2,1H3,(H,22,23)/t11-,12?,13?,14?,19?/m1/s1. The summed E-state index contributed by atoms with van der Waals surface area (Å²) in [6.45, 7) is 1.62. The van der Waals surface area contributed by atoms with Crippen molar-refractivity contribution < 1.29 is 14.3 Å². The number of rotatable bonds is 4. The summed E-state index contributed by atoms with van der Waals surface area (Å²) in [6, 6.07) is 3.07. The van der Waals surface area contributed by atoms with Crippen molar-refractivity contribution in [1.29, 1.82) is 0 Å². The molecule has 5 nitrogen and oxygen atoms in total. The molecule has 4 aliphatic carbocycles. The van der Waals surface area contributed by atoms with Crippen LogP contribution in [-0.4, -0.2) is 28.5 Å². The van der Waals surface area contributed by atoms with Crippen molar-refractivity contribution in [2.45, 2.75) is 57.1 Å². The van der Waals surface area contributed by atoms with Gasteiger partial charge in [-0.05, 0) is 75.3 Å². The molecule has 5 rings (SSSR count). The monoisotopic (exact) mass is 362 g/mol. The second-order valence-corrected chi connectivity index (χ2v) is 8.49. The summed E-state index contributed by atoms with van der Waals surface area (Å²) in [5, 5.41) is 3.55. The predicted octanol–water partition coefficient (Wildman–Crippen LogP) is 3.37. The summed E-state index contributed by atoms with van der Waals surface area (Å²) in [7, 11) is 0. The van der Waals surface area contributed by atoms with Gasteiger partial charge in [-0.2, -0.15) is 0 Å². The fourth-order valence-corrected chi connectivity index (χ4v) is 5.52. The lowest BCUT2D eigenvalue weighted by Crippen LogP contribution is -2.61. The van der Waals surface area contributed by atoms with Crippen LogP contribution in [0.5, 0.6) is 0 Å². The SMILES string of the molecule is C[C@@H](OC(=O)c1ccc(Cl)nc1)C(=O)NC12CC3CC(CC(C3)C1)C2. The van der Waals surface area contributed by atoms with Crippen LogP contribution < -0.4 is 5.32 Å². The van der Waals surface area contributed by atoms with Gasteiger partial charge in [-0.25, -0.2) is 9.78 Å². The zero-order valence-electron chi connectivity index (χ0n) is 14.3. The molecule has 1 N–H and O–H groups in total. The van der Waals surface area contributed by atoms with E-state index in [0.29, 0.717) is 10.7 Å². The van der Waals surface area contributed by atoms with E-state index in [1.807, 2.05) is 0 Å². The number of ether oxygens (including phenoxy) is 1. The molecule has 6 heteroatoms. The second kappa shape index (κ2) is 6.27. The maximum Gasteiger partial charge on any atom is 0.340 e. The van der Waals surface area contributed by atoms with Gasteiger partial charge in [0.2, 0.25) is 0 Å². The van der Waals surface area contributed by atoms with E-state index in [1.54, 1.807) is 13.0 Å². The number of carbonyl (C=O) groups is 2. The number of amides is 1. The Morgan fingerprint density at radius 2 is 1.80 bits per heavy atom. The molecule has 0 unspecified atom stereocenters. The average Bonchev–Trinajstić information content (AvgIpc) is 2.53. The summed E-state index contributed by atoms with van der Waals surface area (Å²) < 4.78 is 5.32. The minimum Gasteiger partial charge on any atom is -0.449 e. The van der Waals surface area contributed by atoms with Gasteiger partial charge in [-0.1, -0.05) is 11.6 Å². The van der Waals surface area contributed by atoms with Gasteiger partial charge in [-0.15, -0.1) is 0 Å². The Kier molecular flexibility index (Phi) is 4.22. The number of nitrogens with one attached hydrogen (secondary N) is 1. The molecule has 0 aromatic carbocycles. The number of aromatic nitrogens is 1. The Morgan fingerprint density at radius 1 is 1.20 bits per heavy atom. The van der Waals surface area contributed by atoms with Crippen molar-refractivity contribution in [3.63, 3.8) is 0 Å². The Labute approximate surface area is 152 Å². The van der Waals surface area contributed by atoms with E-state index in [1.165, 1.54) is 31.5 Å². The van der Waals surface area contributed by atoms with Crippen molar-refractivity contribution in [2.24, 2.45) is 17.8 Å². The van der Waals surface area contributed by atoms with Gasteiger partial charge < -0.3 is 10.1 Å². The van der Waals surface area contributed by atoms with Crippen LogP contribution in [0.25, 0.3) is 0 Å². The van der Waals surface area contributed by atoms with E-state index in [-0.39, 0.29) is 11.4 Å². The van der Waals surface area contributed by atoms with E-state index in [0.717, 1.165) is 37.0 Å². The van der Waals surface area contributed by atoms with Crippen LogP contribution in [0.3, 0.4) is 0 Å². The first-order valence-corrected chi connectivity index (χ1v) is 9.45. The summed E-state index contributed by atoms with van der Waals surface area (Å²) in [5.74, 6) is 1.51. The number of halogens is 1. The molecule has 1 amide bonds. The Morgan fingerprint density at radius 3 is 2.32 bits per heavy atom. The fourth-order valence-electron chi connectivity index (χ4n) is 5.41. The molecule has 4 fully saturated rings. The molecule has 0 saturated heterocycles. The number of hydrogen-bond donors (Lipinski definition) is 1. The number of carbonyl (C=O) groups excluding carboxylic acids is 2. The highest BCUT2D eigenvalue weighted by Gasteiger charge is 2.51. The predicted molar refractivity (Wildman–Crippen MR) is 93.2 cm³/mol. The zero-order chi connectivity index (χ0) is 17.6. The third-order valence-corrected chi connectivity index (χ3v) is 6.27. The van der Waals surface area contributed by atoms with Crippen molar-refractivity contribution in [2.75, 3.05) is 0 Å². The molecule has 4 bridgehead atoms. The lowest BCUT2D eigenvalue weighted by molar-refractivity contribution is -0.134. The molecule has 1 aromatic heterocycles. The molecule has 0 spiro atoms. The van der Waals surface area contributed by atoms with Gasteiger partial charge in [0.15, 0.2) is 6.10 Å². The topological polar surface area (TPSA) is 68.3 Å². The first-order chi connectivity index (χ1) is 11.9. The van der Waals surface area contributed by atoms with Gasteiger partial charge in [0.05, 0.1) is 5.56 Å². The van der Waals surface area contributed by atoms with Crippen molar-refractivity contribution in [3.05, 3.63) is 29.0 Å². The van der Waals surface area contributed by atoms with E-state index >= 15 is 0 Å². The van der Waals surface area contributed by atoms with Crippen LogP contribution in [0.2, 0.25) is 5.15 Å². The third kappa shape index (κ3) is 3.39. The molecular weight excluding hydrogens is 340 g/mol. The Balaban J connectivity index is 1.38. The smallest absolute Gasteiger partial charge is 0.340 e. The van der Waals surface area contributed by atoms with E-state index in [2.05, 4.69) is 10.3 Å². The van der Waals surface area contributed by atoms with Crippen LogP contribution in [0, 0.1) is 17.8 Å². The van der Waals surface area contributed by atoms with Crippen LogP contribution in [0.4, 0.5) is 0 Å². The summed E-state index contributed by atoms with van der Waals surface area (Å²) in [6.07, 6.45) is 7.73. The quantitative estimate of drug-likeness (QED) is 0.658. The van der Waals surface area contributed by atoms with Gasteiger partial charge in [-0.3, -0.25) is 4.79 Å². The Hall–Kier alpha value is -1.62. The summed E-state index contributed by atoms with van der Waals surface area (Å²) in [5.41, 5.74) is 0.216. The third-order valence-electron chi connectivity index (χ3n) is 6.04. The minimum absolute atomic E-state index is 0.0751. The molecular formula is C19H23ClN2O3. The van der Waals surface area contributed by atoms with Gasteiger partial charge >= 0.3 is 5.97 Å². The second-order valence-electron chi connectivity index (χ2n) is 8.10. The van der Waals surface area contributed by atoms with Crippen molar-refractivity contribution in [3.8, 4) is 0 Å². The largest absolute Gasteiger partial charge is 0.449 e. The fraction of sp³-hybridized carbons (Fsp3) is 0.632. The van der Waals surface area contributed by atoms with Crippen LogP contribution in [0.15, 0.2) is 18.3 Å². The average molecular weight is 363 g/mol. The lowest BCUT2D eigenvalue weighted by Gasteiger charge is -2.57. The van der Waals surface area contributed by atoms with Gasteiger partial charge in [0, 0.05) is 11.7 Å². The van der Waals surface area contributed by atoms with Crippen molar-refractivity contribution >= 4 is 23.5 Å². The van der Waals surface area contributed by atoms with Gasteiger partial charge in [0.1, 0.15) is 5.15 Å². The van der Waals surface area contributed by atoms with E-state index in [4.69, 9.17) is 16.3 Å². The van der Waals surface area contributed by atoms with Crippen molar-refractivity contribution in [1.82, 2.24) is 10.3 Å². The molecule has 1 aromatic rings. The number of hydrogen-bond acceptors (Lipinski definition) is 4. The molecule has 4 aliphatic rings. The maximum atomic E-state index is 12.6. The normalized spacial score (nSPS) is 33.8. The molecule has 1 atom stereocenters. The van der Waals surface area contributed by atoms with E-state index in [9.17, 15) is 9.59 Å². The molecule has 0 radical (unpaired) electrons. The van der Waals surface area contributed by atoms with Crippen LogP contribution in [-0.2, 0) is 9.53 Å². The first-order valence-electron chi connectivity index (χ1n) is 9.07. The molecule has 4 saturated carbocycles. The zero-order valence-corrected chi connectivity index (χ0v) is 15.1. The van der Waals surface area contributed by atoms with E-state index < -0.39 is 12.1 Å². The maximum absolute atomic E-state index is 12.6.